The molecule has 0 saturated heterocycles. The van der Waals surface area contributed by atoms with Gasteiger partial charge in [0.2, 0.25) is 0 Å². The second-order valence-electron chi connectivity index (χ2n) is 3.86. The van der Waals surface area contributed by atoms with E-state index < -0.39 is 6.10 Å². The Hall–Kier alpha value is -0.410. The normalized spacial score (nSPS) is 19.9. The maximum atomic E-state index is 10.1. The van der Waals surface area contributed by atoms with E-state index in [-0.39, 0.29) is 0 Å². The van der Waals surface area contributed by atoms with E-state index in [1.807, 2.05) is 12.1 Å². The molecule has 2 rings (SSSR count). The van der Waals surface area contributed by atoms with E-state index in [0.29, 0.717) is 5.92 Å². The predicted octanol–water partition coefficient (Wildman–Crippen LogP) is 3.07. The van der Waals surface area contributed by atoms with Gasteiger partial charge >= 0.3 is 0 Å². The van der Waals surface area contributed by atoms with E-state index in [1.54, 1.807) is 6.20 Å². The van der Waals surface area contributed by atoms with E-state index in [2.05, 4.69) is 20.9 Å². The van der Waals surface area contributed by atoms with Crippen molar-refractivity contribution in [1.82, 2.24) is 4.98 Å². The number of aromatic nitrogens is 1. The lowest BCUT2D eigenvalue weighted by Gasteiger charge is -2.17. The first kappa shape index (κ1) is 10.1. The van der Waals surface area contributed by atoms with Crippen molar-refractivity contribution in [3.05, 3.63) is 28.5 Å². The Morgan fingerprint density at radius 1 is 1.43 bits per heavy atom. The van der Waals surface area contributed by atoms with Gasteiger partial charge < -0.3 is 5.11 Å². The van der Waals surface area contributed by atoms with Crippen LogP contribution in [0.1, 0.15) is 37.5 Å². The van der Waals surface area contributed by atoms with Gasteiger partial charge in [-0.2, -0.15) is 0 Å². The first-order valence-corrected chi connectivity index (χ1v) is 5.87. The van der Waals surface area contributed by atoms with Crippen molar-refractivity contribution >= 4 is 15.9 Å². The maximum Gasteiger partial charge on any atom is 0.0999 e. The Balaban J connectivity index is 2.17. The van der Waals surface area contributed by atoms with Crippen molar-refractivity contribution < 1.29 is 5.11 Å². The fraction of sp³-hybridized carbons (Fsp3) is 0.545. The van der Waals surface area contributed by atoms with E-state index in [0.717, 1.165) is 23.0 Å². The molecule has 14 heavy (non-hydrogen) atoms. The number of aliphatic hydroxyl groups excluding tert-OH is 1. The fourth-order valence-electron chi connectivity index (χ4n) is 2.11. The van der Waals surface area contributed by atoms with Crippen LogP contribution in [0.4, 0.5) is 0 Å². The number of rotatable bonds is 2. The third-order valence-corrected chi connectivity index (χ3v) is 3.58. The number of pyridine rings is 1. The van der Waals surface area contributed by atoms with Crippen molar-refractivity contribution in [3.63, 3.8) is 0 Å². The molecule has 1 N–H and O–H groups in total. The number of hydrogen-bond donors (Lipinski definition) is 1. The van der Waals surface area contributed by atoms with Crippen molar-refractivity contribution in [3.8, 4) is 0 Å². The summed E-state index contributed by atoms with van der Waals surface area (Å²) in [7, 11) is 0. The molecule has 1 aromatic rings. The molecular weight excluding hydrogens is 242 g/mol. The molecule has 1 unspecified atom stereocenters. The Morgan fingerprint density at radius 2 is 2.14 bits per heavy atom. The molecule has 3 heteroatoms. The third kappa shape index (κ3) is 1.98. The smallest absolute Gasteiger partial charge is 0.0999 e. The maximum absolute atomic E-state index is 10.1. The largest absolute Gasteiger partial charge is 0.386 e. The second-order valence-corrected chi connectivity index (χ2v) is 4.71. The van der Waals surface area contributed by atoms with Gasteiger partial charge in [0.15, 0.2) is 0 Å². The lowest BCUT2D eigenvalue weighted by molar-refractivity contribution is 0.106. The van der Waals surface area contributed by atoms with Gasteiger partial charge in [0, 0.05) is 10.7 Å². The van der Waals surface area contributed by atoms with Gasteiger partial charge in [-0.25, -0.2) is 0 Å². The van der Waals surface area contributed by atoms with Gasteiger partial charge in [0.1, 0.15) is 0 Å². The summed E-state index contributed by atoms with van der Waals surface area (Å²) in [6, 6.07) is 3.80. The van der Waals surface area contributed by atoms with Gasteiger partial charge in [-0.15, -0.1) is 0 Å². The molecule has 0 bridgehead atoms. The Morgan fingerprint density at radius 3 is 2.79 bits per heavy atom. The van der Waals surface area contributed by atoms with E-state index in [4.69, 9.17) is 0 Å². The van der Waals surface area contributed by atoms with Crippen molar-refractivity contribution in [1.29, 1.82) is 0 Å². The molecule has 76 valence electrons. The highest BCUT2D eigenvalue weighted by atomic mass is 79.9. The lowest BCUT2D eigenvalue weighted by atomic mass is 9.98. The van der Waals surface area contributed by atoms with Crippen molar-refractivity contribution in [2.75, 3.05) is 0 Å². The average Bonchev–Trinajstić information content (AvgIpc) is 2.70. The van der Waals surface area contributed by atoms with Gasteiger partial charge in [-0.1, -0.05) is 12.8 Å². The highest BCUT2D eigenvalue weighted by Crippen LogP contribution is 2.36. The highest BCUT2D eigenvalue weighted by molar-refractivity contribution is 9.10. The summed E-state index contributed by atoms with van der Waals surface area (Å²) in [5.74, 6) is 0.404. The third-order valence-electron chi connectivity index (χ3n) is 2.91. The summed E-state index contributed by atoms with van der Waals surface area (Å²) < 4.78 is 0.916. The quantitative estimate of drug-likeness (QED) is 0.882. The van der Waals surface area contributed by atoms with E-state index >= 15 is 0 Å². The minimum atomic E-state index is -0.395. The van der Waals surface area contributed by atoms with Gasteiger partial charge in [0.05, 0.1) is 11.8 Å². The molecule has 0 aromatic carbocycles. The van der Waals surface area contributed by atoms with Crippen LogP contribution in [0.25, 0.3) is 0 Å². The molecule has 0 radical (unpaired) electrons. The first-order chi connectivity index (χ1) is 6.79. The lowest BCUT2D eigenvalue weighted by Crippen LogP contribution is -2.11. The van der Waals surface area contributed by atoms with Crippen LogP contribution in [0.2, 0.25) is 0 Å². The van der Waals surface area contributed by atoms with E-state index in [1.165, 1.54) is 12.8 Å². The summed E-state index contributed by atoms with van der Waals surface area (Å²) in [4.78, 5) is 4.23. The van der Waals surface area contributed by atoms with Crippen LogP contribution in [0, 0.1) is 5.92 Å². The van der Waals surface area contributed by atoms with Crippen LogP contribution in [0.5, 0.6) is 0 Å². The molecule has 1 heterocycles. The zero-order valence-electron chi connectivity index (χ0n) is 7.99. The molecule has 0 spiro atoms. The molecule has 1 aliphatic rings. The zero-order chi connectivity index (χ0) is 9.97. The molecule has 1 aliphatic carbocycles. The minimum absolute atomic E-state index is 0.395. The van der Waals surface area contributed by atoms with Crippen molar-refractivity contribution in [2.45, 2.75) is 31.8 Å². The monoisotopic (exact) mass is 255 g/mol. The molecular formula is C11H14BrNO. The summed E-state index contributed by atoms with van der Waals surface area (Å²) in [6.45, 7) is 0. The van der Waals surface area contributed by atoms with Crippen molar-refractivity contribution in [2.24, 2.45) is 5.92 Å². The predicted molar refractivity (Wildman–Crippen MR) is 58.9 cm³/mol. The highest BCUT2D eigenvalue weighted by Gasteiger charge is 2.26. The summed E-state index contributed by atoms with van der Waals surface area (Å²) >= 11 is 3.42. The van der Waals surface area contributed by atoms with Gasteiger partial charge in [-0.05, 0) is 46.8 Å². The molecule has 1 aromatic heterocycles. The Labute approximate surface area is 92.5 Å². The van der Waals surface area contributed by atoms with Gasteiger partial charge in [0.25, 0.3) is 0 Å². The van der Waals surface area contributed by atoms with Crippen LogP contribution in [-0.2, 0) is 0 Å². The zero-order valence-corrected chi connectivity index (χ0v) is 9.57. The average molecular weight is 256 g/mol. The SMILES string of the molecule is OC(c1ncccc1Br)C1CCCC1. The standard InChI is InChI=1S/C11H14BrNO/c12-9-6-3-7-13-10(9)11(14)8-4-1-2-5-8/h3,6-8,11,14H,1-2,4-5H2. The summed E-state index contributed by atoms with van der Waals surface area (Å²) in [5, 5.41) is 10.1. The summed E-state index contributed by atoms with van der Waals surface area (Å²) in [5.41, 5.74) is 0.791. The number of hydrogen-bond acceptors (Lipinski definition) is 2. The molecule has 0 aliphatic heterocycles. The molecule has 1 fully saturated rings. The number of nitrogens with zero attached hydrogens (tertiary/aromatic N) is 1. The fourth-order valence-corrected chi connectivity index (χ4v) is 2.60. The summed E-state index contributed by atoms with van der Waals surface area (Å²) in [6.07, 6.45) is 6.08. The van der Waals surface area contributed by atoms with Crippen LogP contribution in [0.15, 0.2) is 22.8 Å². The molecule has 0 amide bonds. The van der Waals surface area contributed by atoms with Crippen LogP contribution >= 0.6 is 15.9 Å². The molecule has 2 nitrogen and oxygen atoms in total. The molecule has 1 atom stereocenters. The van der Waals surface area contributed by atoms with Gasteiger partial charge in [-0.3, -0.25) is 4.98 Å². The number of aliphatic hydroxyl groups is 1. The van der Waals surface area contributed by atoms with Crippen LogP contribution < -0.4 is 0 Å². The molecule has 1 saturated carbocycles. The Bertz CT molecular complexity index is 310. The second kappa shape index (κ2) is 4.41. The Kier molecular flexibility index (Phi) is 3.19. The van der Waals surface area contributed by atoms with Crippen LogP contribution in [0.3, 0.4) is 0 Å². The van der Waals surface area contributed by atoms with Crippen LogP contribution in [-0.4, -0.2) is 10.1 Å². The van der Waals surface area contributed by atoms with E-state index in [9.17, 15) is 5.11 Å². The topological polar surface area (TPSA) is 33.1 Å². The first-order valence-electron chi connectivity index (χ1n) is 5.07. The number of halogens is 1. The minimum Gasteiger partial charge on any atom is -0.386 e.